The highest BCUT2D eigenvalue weighted by Gasteiger charge is 2.24. The van der Waals surface area contributed by atoms with Crippen molar-refractivity contribution in [2.24, 2.45) is 11.8 Å². The van der Waals surface area contributed by atoms with Crippen LogP contribution in [0.15, 0.2) is 0 Å². The molecule has 1 aliphatic rings. The van der Waals surface area contributed by atoms with Gasteiger partial charge in [-0.3, -0.25) is 4.79 Å². The molecule has 1 nitrogen and oxygen atoms in total. The van der Waals surface area contributed by atoms with E-state index in [0.717, 1.165) is 25.7 Å². The van der Waals surface area contributed by atoms with Gasteiger partial charge in [-0.25, -0.2) is 0 Å². The Morgan fingerprint density at radius 2 is 2.18 bits per heavy atom. The van der Waals surface area contributed by atoms with Crippen LogP contribution in [0.1, 0.15) is 47.0 Å². The van der Waals surface area contributed by atoms with Crippen LogP contribution < -0.4 is 0 Å². The van der Waals surface area contributed by atoms with E-state index >= 15 is 0 Å². The lowest BCUT2D eigenvalue weighted by atomic mass is 9.95. The van der Waals surface area contributed by atoms with E-state index in [1.54, 1.807) is 0 Å². The maximum atomic E-state index is 11.1. The van der Waals surface area contributed by atoms with Crippen LogP contribution in [-0.4, -0.2) is 5.78 Å². The molecule has 1 aliphatic carbocycles. The molecule has 1 fully saturated rings. The average molecular weight is 156 g/mol. The van der Waals surface area contributed by atoms with E-state index in [1.165, 1.54) is 0 Å². The number of rotatable bonds is 2. The van der Waals surface area contributed by atoms with Crippen molar-refractivity contribution in [3.8, 4) is 0 Å². The lowest BCUT2D eigenvalue weighted by molar-refractivity contribution is -0.121. The topological polar surface area (TPSA) is 17.1 Å². The second-order valence-electron chi connectivity index (χ2n) is 3.69. The minimum atomic E-state index is 0. The van der Waals surface area contributed by atoms with Gasteiger partial charge in [0.2, 0.25) is 0 Å². The summed E-state index contributed by atoms with van der Waals surface area (Å²) < 4.78 is 0. The van der Waals surface area contributed by atoms with E-state index < -0.39 is 0 Å². The second kappa shape index (κ2) is 4.53. The zero-order valence-electron chi connectivity index (χ0n) is 6.89. The zero-order valence-corrected chi connectivity index (χ0v) is 6.89. The molecule has 0 spiro atoms. The number of carbonyl (C=O) groups excluding carboxylic acids is 1. The molecule has 0 aromatic carbocycles. The van der Waals surface area contributed by atoms with Crippen LogP contribution in [0.2, 0.25) is 0 Å². The van der Waals surface area contributed by atoms with Crippen LogP contribution in [0.5, 0.6) is 0 Å². The Balaban J connectivity index is 0.000001000. The third-order valence-corrected chi connectivity index (χ3v) is 2.19. The maximum absolute atomic E-state index is 11.1. The van der Waals surface area contributed by atoms with Crippen molar-refractivity contribution in [2.45, 2.75) is 47.0 Å². The van der Waals surface area contributed by atoms with Crippen LogP contribution in [0.3, 0.4) is 0 Å². The van der Waals surface area contributed by atoms with Crippen LogP contribution in [-0.2, 0) is 4.79 Å². The van der Waals surface area contributed by atoms with Crippen LogP contribution in [0.4, 0.5) is 0 Å². The summed E-state index contributed by atoms with van der Waals surface area (Å²) in [5.74, 6) is 1.61. The standard InChI is InChI=1S/C9H16O.CH4/c1-7(2)6-8-4-3-5-9(8)10;/h7-8H,3-6H2,1-2H3;1H4. The van der Waals surface area contributed by atoms with Crippen molar-refractivity contribution in [1.29, 1.82) is 0 Å². The first kappa shape index (κ1) is 10.7. The van der Waals surface area contributed by atoms with Gasteiger partial charge in [-0.05, 0) is 25.2 Å². The van der Waals surface area contributed by atoms with Gasteiger partial charge in [0.05, 0.1) is 0 Å². The van der Waals surface area contributed by atoms with Gasteiger partial charge in [0.1, 0.15) is 5.78 Å². The van der Waals surface area contributed by atoms with E-state index in [-0.39, 0.29) is 7.43 Å². The monoisotopic (exact) mass is 156 g/mol. The fourth-order valence-electron chi connectivity index (χ4n) is 1.71. The Morgan fingerprint density at radius 3 is 2.55 bits per heavy atom. The van der Waals surface area contributed by atoms with E-state index in [0.29, 0.717) is 17.6 Å². The number of hydrogen-bond donors (Lipinski definition) is 0. The predicted molar refractivity (Wildman–Crippen MR) is 48.5 cm³/mol. The lowest BCUT2D eigenvalue weighted by Crippen LogP contribution is -2.08. The highest BCUT2D eigenvalue weighted by molar-refractivity contribution is 5.82. The molecule has 66 valence electrons. The Hall–Kier alpha value is -0.330. The van der Waals surface area contributed by atoms with Gasteiger partial charge in [0.15, 0.2) is 0 Å². The van der Waals surface area contributed by atoms with Gasteiger partial charge < -0.3 is 0 Å². The predicted octanol–water partition coefficient (Wildman–Crippen LogP) is 3.04. The van der Waals surface area contributed by atoms with Gasteiger partial charge in [-0.15, -0.1) is 0 Å². The Morgan fingerprint density at radius 1 is 1.55 bits per heavy atom. The molecular weight excluding hydrogens is 136 g/mol. The molecular formula is C10H20O. The number of ketones is 1. The summed E-state index contributed by atoms with van der Waals surface area (Å²) >= 11 is 0. The summed E-state index contributed by atoms with van der Waals surface area (Å²) in [6.07, 6.45) is 4.24. The summed E-state index contributed by atoms with van der Waals surface area (Å²) in [5, 5.41) is 0. The van der Waals surface area contributed by atoms with E-state index in [4.69, 9.17) is 0 Å². The first-order valence-electron chi connectivity index (χ1n) is 4.23. The molecule has 1 rings (SSSR count). The molecule has 1 heteroatoms. The largest absolute Gasteiger partial charge is 0.299 e. The number of Topliss-reactive ketones (excluding diaryl/α,β-unsaturated/α-hetero) is 1. The molecule has 0 saturated heterocycles. The third-order valence-electron chi connectivity index (χ3n) is 2.19. The number of carbonyl (C=O) groups is 1. The maximum Gasteiger partial charge on any atom is 0.135 e. The summed E-state index contributed by atoms with van der Waals surface area (Å²) in [5.41, 5.74) is 0. The third kappa shape index (κ3) is 3.04. The Bertz CT molecular complexity index is 127. The van der Waals surface area contributed by atoms with E-state index in [2.05, 4.69) is 13.8 Å². The molecule has 0 heterocycles. The fraction of sp³-hybridized carbons (Fsp3) is 0.900. The molecule has 0 aromatic heterocycles. The molecule has 11 heavy (non-hydrogen) atoms. The smallest absolute Gasteiger partial charge is 0.135 e. The summed E-state index contributed by atoms with van der Waals surface area (Å²) in [6.45, 7) is 4.37. The summed E-state index contributed by atoms with van der Waals surface area (Å²) in [4.78, 5) is 11.1. The SMILES string of the molecule is C.CC(C)CC1CCCC1=O. The zero-order chi connectivity index (χ0) is 7.56. The quantitative estimate of drug-likeness (QED) is 0.600. The molecule has 1 saturated carbocycles. The van der Waals surface area contributed by atoms with Gasteiger partial charge in [-0.1, -0.05) is 21.3 Å². The van der Waals surface area contributed by atoms with Crippen LogP contribution in [0.25, 0.3) is 0 Å². The molecule has 0 bridgehead atoms. The minimum Gasteiger partial charge on any atom is -0.299 e. The molecule has 1 unspecified atom stereocenters. The van der Waals surface area contributed by atoms with Crippen molar-refractivity contribution in [1.82, 2.24) is 0 Å². The van der Waals surface area contributed by atoms with Gasteiger partial charge in [0, 0.05) is 12.3 Å². The summed E-state index contributed by atoms with van der Waals surface area (Å²) in [7, 11) is 0. The molecule has 0 aliphatic heterocycles. The lowest BCUT2D eigenvalue weighted by Gasteiger charge is -2.09. The van der Waals surface area contributed by atoms with Crippen molar-refractivity contribution in [3.63, 3.8) is 0 Å². The Labute approximate surface area is 70.2 Å². The minimum absolute atomic E-state index is 0. The first-order chi connectivity index (χ1) is 4.70. The Kier molecular flexibility index (Phi) is 4.39. The van der Waals surface area contributed by atoms with Crippen LogP contribution >= 0.6 is 0 Å². The van der Waals surface area contributed by atoms with Crippen molar-refractivity contribution in [2.75, 3.05) is 0 Å². The van der Waals surface area contributed by atoms with Gasteiger partial charge in [0.25, 0.3) is 0 Å². The molecule has 1 atom stereocenters. The molecule has 0 N–H and O–H groups in total. The van der Waals surface area contributed by atoms with Gasteiger partial charge in [-0.2, -0.15) is 0 Å². The molecule has 0 aromatic rings. The van der Waals surface area contributed by atoms with Crippen molar-refractivity contribution >= 4 is 5.78 Å². The van der Waals surface area contributed by atoms with Gasteiger partial charge >= 0.3 is 0 Å². The second-order valence-corrected chi connectivity index (χ2v) is 3.69. The van der Waals surface area contributed by atoms with Crippen molar-refractivity contribution in [3.05, 3.63) is 0 Å². The van der Waals surface area contributed by atoms with Crippen molar-refractivity contribution < 1.29 is 4.79 Å². The highest BCUT2D eigenvalue weighted by Crippen LogP contribution is 2.26. The fourth-order valence-corrected chi connectivity index (χ4v) is 1.71. The summed E-state index contributed by atoms with van der Waals surface area (Å²) in [6, 6.07) is 0. The highest BCUT2D eigenvalue weighted by atomic mass is 16.1. The normalized spacial score (nSPS) is 23.9. The van der Waals surface area contributed by atoms with Crippen LogP contribution in [0, 0.1) is 11.8 Å². The molecule has 0 radical (unpaired) electrons. The average Bonchev–Trinajstić information content (AvgIpc) is 2.15. The van der Waals surface area contributed by atoms with E-state index in [1.807, 2.05) is 0 Å². The van der Waals surface area contributed by atoms with E-state index in [9.17, 15) is 4.79 Å². The number of hydrogen-bond acceptors (Lipinski definition) is 1. The first-order valence-corrected chi connectivity index (χ1v) is 4.23. The molecule has 0 amide bonds.